The van der Waals surface area contributed by atoms with Gasteiger partial charge in [-0.25, -0.2) is 0 Å². The molecule has 3 heteroatoms. The molecule has 1 aromatic carbocycles. The summed E-state index contributed by atoms with van der Waals surface area (Å²) in [7, 11) is 2.31. The van der Waals surface area contributed by atoms with Gasteiger partial charge in [0.15, 0.2) is 0 Å². The fourth-order valence-corrected chi connectivity index (χ4v) is 3.87. The Bertz CT molecular complexity index is 363. The van der Waals surface area contributed by atoms with Crippen molar-refractivity contribution in [3.05, 3.63) is 30.3 Å². The summed E-state index contributed by atoms with van der Waals surface area (Å²) in [6.07, 6.45) is 8.41. The summed E-state index contributed by atoms with van der Waals surface area (Å²) in [6, 6.07) is 11.5. The lowest BCUT2D eigenvalue weighted by atomic mass is 9.94. The number of rotatable bonds is 9. The standard InChI is InChI=1S/C18H30N2S/c1-20(17-9-4-2-5-10-17)15-8-13-19-14-16-21-18-11-6-3-7-12-18/h3,6-7,11-12,17,19H,2,4-5,8-10,13-16H2,1H3. The normalized spacial score (nSPS) is 16.5. The van der Waals surface area contributed by atoms with Gasteiger partial charge in [0.05, 0.1) is 0 Å². The Labute approximate surface area is 134 Å². The Morgan fingerprint density at radius 1 is 1.10 bits per heavy atom. The van der Waals surface area contributed by atoms with E-state index in [1.54, 1.807) is 0 Å². The molecule has 0 amide bonds. The second kappa shape index (κ2) is 10.3. The highest BCUT2D eigenvalue weighted by Crippen LogP contribution is 2.21. The van der Waals surface area contributed by atoms with Gasteiger partial charge in [-0.1, -0.05) is 37.5 Å². The van der Waals surface area contributed by atoms with E-state index in [0.29, 0.717) is 0 Å². The quantitative estimate of drug-likeness (QED) is 0.548. The first-order chi connectivity index (χ1) is 10.4. The summed E-state index contributed by atoms with van der Waals surface area (Å²) in [5.41, 5.74) is 0. The zero-order chi connectivity index (χ0) is 14.8. The molecule has 0 heterocycles. The lowest BCUT2D eigenvalue weighted by Crippen LogP contribution is -2.35. The van der Waals surface area contributed by atoms with E-state index < -0.39 is 0 Å². The average molecular weight is 307 g/mol. The molecule has 118 valence electrons. The first kappa shape index (κ1) is 16.9. The summed E-state index contributed by atoms with van der Waals surface area (Å²) in [6.45, 7) is 3.49. The van der Waals surface area contributed by atoms with Crippen LogP contribution in [0.2, 0.25) is 0 Å². The van der Waals surface area contributed by atoms with E-state index in [0.717, 1.165) is 24.9 Å². The van der Waals surface area contributed by atoms with Crippen LogP contribution in [0.3, 0.4) is 0 Å². The fourth-order valence-electron chi connectivity index (χ4n) is 3.04. The van der Waals surface area contributed by atoms with Crippen molar-refractivity contribution in [2.24, 2.45) is 0 Å². The van der Waals surface area contributed by atoms with Gasteiger partial charge >= 0.3 is 0 Å². The SMILES string of the molecule is CN(CCCNCCSc1ccccc1)C1CCCCC1. The van der Waals surface area contributed by atoms with Crippen LogP contribution in [0.5, 0.6) is 0 Å². The second-order valence-corrected chi connectivity index (χ2v) is 7.21. The molecule has 0 bridgehead atoms. The van der Waals surface area contributed by atoms with E-state index in [9.17, 15) is 0 Å². The van der Waals surface area contributed by atoms with Crippen molar-refractivity contribution in [2.45, 2.75) is 49.5 Å². The van der Waals surface area contributed by atoms with Crippen molar-refractivity contribution in [2.75, 3.05) is 32.4 Å². The van der Waals surface area contributed by atoms with Crippen LogP contribution in [-0.4, -0.2) is 43.4 Å². The summed E-state index contributed by atoms with van der Waals surface area (Å²) < 4.78 is 0. The van der Waals surface area contributed by atoms with Crippen molar-refractivity contribution in [1.82, 2.24) is 10.2 Å². The molecule has 2 nitrogen and oxygen atoms in total. The molecule has 0 saturated heterocycles. The highest BCUT2D eigenvalue weighted by molar-refractivity contribution is 7.99. The molecule has 1 aromatic rings. The maximum Gasteiger partial charge on any atom is 0.0106 e. The molecule has 0 spiro atoms. The first-order valence-corrected chi connectivity index (χ1v) is 9.43. The van der Waals surface area contributed by atoms with Crippen LogP contribution in [0.25, 0.3) is 0 Å². The van der Waals surface area contributed by atoms with E-state index in [-0.39, 0.29) is 0 Å². The van der Waals surface area contributed by atoms with Gasteiger partial charge in [-0.05, 0) is 51.5 Å². The predicted molar refractivity (Wildman–Crippen MR) is 94.2 cm³/mol. The summed E-state index contributed by atoms with van der Waals surface area (Å²) in [4.78, 5) is 3.95. The zero-order valence-corrected chi connectivity index (χ0v) is 14.2. The van der Waals surface area contributed by atoms with Crippen LogP contribution in [-0.2, 0) is 0 Å². The predicted octanol–water partition coefficient (Wildman–Crippen LogP) is 4.02. The molecule has 0 aromatic heterocycles. The molecule has 0 unspecified atom stereocenters. The molecule has 1 aliphatic rings. The zero-order valence-electron chi connectivity index (χ0n) is 13.4. The van der Waals surface area contributed by atoms with Crippen LogP contribution in [0.4, 0.5) is 0 Å². The Kier molecular flexibility index (Phi) is 8.23. The molecular weight excluding hydrogens is 276 g/mol. The molecule has 1 aliphatic carbocycles. The first-order valence-electron chi connectivity index (χ1n) is 8.45. The molecule has 0 atom stereocenters. The van der Waals surface area contributed by atoms with Crippen molar-refractivity contribution < 1.29 is 0 Å². The minimum absolute atomic E-state index is 0.854. The van der Waals surface area contributed by atoms with E-state index >= 15 is 0 Å². The van der Waals surface area contributed by atoms with Crippen LogP contribution < -0.4 is 5.32 Å². The van der Waals surface area contributed by atoms with Gasteiger partial charge in [0, 0.05) is 23.2 Å². The number of benzene rings is 1. The number of hydrogen-bond acceptors (Lipinski definition) is 3. The highest BCUT2D eigenvalue weighted by Gasteiger charge is 2.16. The fraction of sp³-hybridized carbons (Fsp3) is 0.667. The summed E-state index contributed by atoms with van der Waals surface area (Å²) in [5, 5.41) is 3.57. The minimum atomic E-state index is 0.854. The lowest BCUT2D eigenvalue weighted by molar-refractivity contribution is 0.190. The minimum Gasteiger partial charge on any atom is -0.316 e. The monoisotopic (exact) mass is 306 g/mol. The number of nitrogens with one attached hydrogen (secondary N) is 1. The number of hydrogen-bond donors (Lipinski definition) is 1. The second-order valence-electron chi connectivity index (χ2n) is 6.04. The highest BCUT2D eigenvalue weighted by atomic mass is 32.2. The van der Waals surface area contributed by atoms with Crippen molar-refractivity contribution in [3.8, 4) is 0 Å². The Morgan fingerprint density at radius 3 is 2.62 bits per heavy atom. The van der Waals surface area contributed by atoms with Crippen molar-refractivity contribution in [3.63, 3.8) is 0 Å². The Hall–Kier alpha value is -0.510. The molecule has 1 saturated carbocycles. The van der Waals surface area contributed by atoms with Crippen molar-refractivity contribution >= 4 is 11.8 Å². The summed E-state index contributed by atoms with van der Waals surface area (Å²) in [5.74, 6) is 1.16. The van der Waals surface area contributed by atoms with Crippen LogP contribution >= 0.6 is 11.8 Å². The Balaban J connectivity index is 1.44. The van der Waals surface area contributed by atoms with Crippen LogP contribution in [0.1, 0.15) is 38.5 Å². The van der Waals surface area contributed by atoms with Gasteiger partial charge < -0.3 is 10.2 Å². The Morgan fingerprint density at radius 2 is 1.86 bits per heavy atom. The molecule has 1 fully saturated rings. The lowest BCUT2D eigenvalue weighted by Gasteiger charge is -2.31. The maximum atomic E-state index is 3.57. The van der Waals surface area contributed by atoms with E-state index in [2.05, 4.69) is 47.6 Å². The van der Waals surface area contributed by atoms with Gasteiger partial charge in [0.25, 0.3) is 0 Å². The van der Waals surface area contributed by atoms with Gasteiger partial charge in [0.2, 0.25) is 0 Å². The third-order valence-electron chi connectivity index (χ3n) is 4.35. The van der Waals surface area contributed by atoms with Crippen LogP contribution in [0.15, 0.2) is 35.2 Å². The number of thioether (sulfide) groups is 1. The summed E-state index contributed by atoms with van der Waals surface area (Å²) >= 11 is 1.93. The average Bonchev–Trinajstić information content (AvgIpc) is 2.55. The van der Waals surface area contributed by atoms with Gasteiger partial charge in [-0.3, -0.25) is 0 Å². The molecule has 2 rings (SSSR count). The van der Waals surface area contributed by atoms with E-state index in [4.69, 9.17) is 0 Å². The third-order valence-corrected chi connectivity index (χ3v) is 5.37. The molecule has 1 N–H and O–H groups in total. The van der Waals surface area contributed by atoms with Gasteiger partial charge in [0.1, 0.15) is 0 Å². The maximum absolute atomic E-state index is 3.57. The molecular formula is C18H30N2S. The molecule has 21 heavy (non-hydrogen) atoms. The van der Waals surface area contributed by atoms with Gasteiger partial charge in [-0.15, -0.1) is 11.8 Å². The van der Waals surface area contributed by atoms with E-state index in [1.807, 2.05) is 11.8 Å². The van der Waals surface area contributed by atoms with Gasteiger partial charge in [-0.2, -0.15) is 0 Å². The smallest absolute Gasteiger partial charge is 0.0106 e. The molecule has 0 aliphatic heterocycles. The topological polar surface area (TPSA) is 15.3 Å². The third kappa shape index (κ3) is 6.86. The molecule has 0 radical (unpaired) electrons. The largest absolute Gasteiger partial charge is 0.316 e. The van der Waals surface area contributed by atoms with Crippen molar-refractivity contribution in [1.29, 1.82) is 0 Å². The number of nitrogens with zero attached hydrogens (tertiary/aromatic N) is 1. The van der Waals surface area contributed by atoms with E-state index in [1.165, 1.54) is 50.0 Å². The van der Waals surface area contributed by atoms with Crippen LogP contribution in [0, 0.1) is 0 Å².